The largest absolute Gasteiger partial charge is 0.394 e. The maximum Gasteiger partial charge on any atom is 0.0730 e. The lowest BCUT2D eigenvalue weighted by atomic mass is 9.99. The first kappa shape index (κ1) is 21.8. The number of hydrogen-bond acceptors (Lipinski definition) is 3. The van der Waals surface area contributed by atoms with Gasteiger partial charge in [-0.1, -0.05) is 41.9 Å². The van der Waals surface area contributed by atoms with Crippen LogP contribution in [0.3, 0.4) is 0 Å². The number of rotatable bonds is 3. The van der Waals surface area contributed by atoms with E-state index in [1.54, 1.807) is 0 Å². The Labute approximate surface area is 177 Å². The van der Waals surface area contributed by atoms with Crippen molar-refractivity contribution in [2.75, 3.05) is 18.1 Å². The van der Waals surface area contributed by atoms with Gasteiger partial charge in [-0.3, -0.25) is 0 Å². The Kier molecular flexibility index (Phi) is 7.75. The second kappa shape index (κ2) is 9.61. The zero-order valence-electron chi connectivity index (χ0n) is 14.8. The molecule has 0 spiro atoms. The molecule has 3 aromatic rings. The van der Waals surface area contributed by atoms with Crippen molar-refractivity contribution >= 4 is 53.0 Å². The van der Waals surface area contributed by atoms with Crippen LogP contribution in [-0.2, 0) is 0 Å². The van der Waals surface area contributed by atoms with Crippen LogP contribution in [0.5, 0.6) is 0 Å². The number of anilines is 1. The average Bonchev–Trinajstić information content (AvgIpc) is 2.67. The third kappa shape index (κ3) is 4.49. The molecule has 1 aliphatic rings. The number of aliphatic hydroxyl groups is 1. The Morgan fingerprint density at radius 3 is 2.52 bits per heavy atom. The Bertz CT molecular complexity index is 886. The van der Waals surface area contributed by atoms with Gasteiger partial charge in [0, 0.05) is 28.2 Å². The van der Waals surface area contributed by atoms with Crippen LogP contribution in [-0.4, -0.2) is 29.3 Å². The van der Waals surface area contributed by atoms with Gasteiger partial charge in [-0.15, -0.1) is 24.8 Å². The molecular weight excluding hydrogens is 403 g/mol. The Hall–Kier alpha value is -1.52. The van der Waals surface area contributed by atoms with Gasteiger partial charge in [0.15, 0.2) is 0 Å². The lowest BCUT2D eigenvalue weighted by Crippen LogP contribution is -2.42. The van der Waals surface area contributed by atoms with E-state index in [1.807, 2.05) is 36.4 Å². The maximum atomic E-state index is 9.84. The molecule has 1 N–H and O–H groups in total. The van der Waals surface area contributed by atoms with Gasteiger partial charge in [-0.2, -0.15) is 0 Å². The first-order chi connectivity index (χ1) is 12.3. The van der Waals surface area contributed by atoms with Crippen LogP contribution in [0.25, 0.3) is 22.2 Å². The van der Waals surface area contributed by atoms with Gasteiger partial charge < -0.3 is 10.0 Å². The number of benzene rings is 2. The standard InChI is InChI=1S/C21H21ClN2O.2ClH/c22-16-10-8-15(9-11-16)20-13-21(18-6-1-2-7-19(18)23-20)24-12-4-3-5-17(24)14-25;;/h1-2,6-11,13,17,25H,3-5,12,14H2;2*1H/t17-;;/m0../s1. The van der Waals surface area contributed by atoms with Crippen molar-refractivity contribution in [3.8, 4) is 11.3 Å². The summed E-state index contributed by atoms with van der Waals surface area (Å²) in [6.07, 6.45) is 3.36. The third-order valence-electron chi connectivity index (χ3n) is 4.98. The summed E-state index contributed by atoms with van der Waals surface area (Å²) in [4.78, 5) is 7.20. The average molecular weight is 426 g/mol. The lowest BCUT2D eigenvalue weighted by molar-refractivity contribution is 0.240. The van der Waals surface area contributed by atoms with Gasteiger partial charge in [0.1, 0.15) is 0 Å². The smallest absolute Gasteiger partial charge is 0.0730 e. The quantitative estimate of drug-likeness (QED) is 0.580. The highest BCUT2D eigenvalue weighted by atomic mass is 35.5. The van der Waals surface area contributed by atoms with Gasteiger partial charge in [-0.05, 0) is 43.5 Å². The number of pyridine rings is 1. The molecular formula is C21H23Cl3N2O. The fourth-order valence-electron chi connectivity index (χ4n) is 3.67. The molecule has 4 rings (SSSR count). The van der Waals surface area contributed by atoms with Crippen molar-refractivity contribution < 1.29 is 5.11 Å². The second-order valence-electron chi connectivity index (χ2n) is 6.58. The highest BCUT2D eigenvalue weighted by Gasteiger charge is 2.24. The van der Waals surface area contributed by atoms with Crippen molar-refractivity contribution in [2.24, 2.45) is 0 Å². The fourth-order valence-corrected chi connectivity index (χ4v) is 3.80. The molecule has 1 fully saturated rings. The van der Waals surface area contributed by atoms with Crippen molar-refractivity contribution in [1.82, 2.24) is 4.98 Å². The lowest BCUT2D eigenvalue weighted by Gasteiger charge is -2.37. The van der Waals surface area contributed by atoms with E-state index < -0.39 is 0 Å². The molecule has 2 aromatic carbocycles. The zero-order valence-corrected chi connectivity index (χ0v) is 17.2. The van der Waals surface area contributed by atoms with Crippen molar-refractivity contribution in [3.63, 3.8) is 0 Å². The molecule has 1 aromatic heterocycles. The van der Waals surface area contributed by atoms with Crippen molar-refractivity contribution in [1.29, 1.82) is 0 Å². The SMILES string of the molecule is Cl.Cl.OC[C@@H]1CCCCN1c1cc(-c2ccc(Cl)cc2)nc2ccccc12. The van der Waals surface area contributed by atoms with E-state index in [0.717, 1.165) is 52.3 Å². The van der Waals surface area contributed by atoms with Gasteiger partial charge in [-0.25, -0.2) is 4.98 Å². The summed E-state index contributed by atoms with van der Waals surface area (Å²) in [5.74, 6) is 0. The predicted molar refractivity (Wildman–Crippen MR) is 119 cm³/mol. The van der Waals surface area contributed by atoms with E-state index in [-0.39, 0.29) is 37.5 Å². The van der Waals surface area contributed by atoms with E-state index in [2.05, 4.69) is 23.1 Å². The molecule has 0 aliphatic carbocycles. The number of piperidine rings is 1. The Morgan fingerprint density at radius 1 is 1.04 bits per heavy atom. The van der Waals surface area contributed by atoms with Gasteiger partial charge in [0.2, 0.25) is 0 Å². The predicted octanol–water partition coefficient (Wildman–Crippen LogP) is 5.75. The summed E-state index contributed by atoms with van der Waals surface area (Å²) in [6.45, 7) is 1.16. The number of hydrogen-bond donors (Lipinski definition) is 1. The molecule has 0 unspecified atom stereocenters. The summed E-state index contributed by atoms with van der Waals surface area (Å²) < 4.78 is 0. The summed E-state index contributed by atoms with van der Waals surface area (Å²) in [5, 5.41) is 11.7. The van der Waals surface area contributed by atoms with Gasteiger partial charge in [0.05, 0.1) is 23.9 Å². The minimum Gasteiger partial charge on any atom is -0.394 e. The van der Waals surface area contributed by atoms with E-state index in [1.165, 1.54) is 6.42 Å². The number of fused-ring (bicyclic) bond motifs is 1. The Balaban J connectivity index is 0.00000131. The van der Waals surface area contributed by atoms with Crippen LogP contribution in [0.2, 0.25) is 5.02 Å². The molecule has 2 heterocycles. The van der Waals surface area contributed by atoms with E-state index in [4.69, 9.17) is 16.6 Å². The molecule has 0 radical (unpaired) electrons. The van der Waals surface area contributed by atoms with Crippen LogP contribution >= 0.6 is 36.4 Å². The number of halogens is 3. The number of para-hydroxylation sites is 1. The normalized spacial score (nSPS) is 16.5. The van der Waals surface area contributed by atoms with E-state index in [0.29, 0.717) is 0 Å². The first-order valence-corrected chi connectivity index (χ1v) is 9.17. The molecule has 0 bridgehead atoms. The van der Waals surface area contributed by atoms with Gasteiger partial charge in [0.25, 0.3) is 0 Å². The summed E-state index contributed by atoms with van der Waals surface area (Å²) in [6, 6.07) is 18.4. The van der Waals surface area contributed by atoms with Crippen LogP contribution in [0, 0.1) is 0 Å². The van der Waals surface area contributed by atoms with Crippen LogP contribution < -0.4 is 4.90 Å². The summed E-state index contributed by atoms with van der Waals surface area (Å²) in [7, 11) is 0. The number of aromatic nitrogens is 1. The molecule has 1 atom stereocenters. The van der Waals surface area contributed by atoms with E-state index >= 15 is 0 Å². The molecule has 0 saturated carbocycles. The first-order valence-electron chi connectivity index (χ1n) is 8.79. The molecule has 1 saturated heterocycles. The van der Waals surface area contributed by atoms with Crippen LogP contribution in [0.4, 0.5) is 5.69 Å². The fraction of sp³-hybridized carbons (Fsp3) is 0.286. The summed E-state index contributed by atoms with van der Waals surface area (Å²) in [5.41, 5.74) is 4.13. The summed E-state index contributed by atoms with van der Waals surface area (Å²) >= 11 is 6.03. The molecule has 1 aliphatic heterocycles. The topological polar surface area (TPSA) is 36.4 Å². The van der Waals surface area contributed by atoms with Crippen molar-refractivity contribution in [2.45, 2.75) is 25.3 Å². The molecule has 3 nitrogen and oxygen atoms in total. The van der Waals surface area contributed by atoms with Crippen LogP contribution in [0.1, 0.15) is 19.3 Å². The number of aliphatic hydroxyl groups excluding tert-OH is 1. The highest BCUT2D eigenvalue weighted by Crippen LogP contribution is 2.34. The zero-order chi connectivity index (χ0) is 17.2. The molecule has 6 heteroatoms. The van der Waals surface area contributed by atoms with E-state index in [9.17, 15) is 5.11 Å². The van der Waals surface area contributed by atoms with Gasteiger partial charge >= 0.3 is 0 Å². The van der Waals surface area contributed by atoms with Crippen molar-refractivity contribution in [3.05, 3.63) is 59.6 Å². The second-order valence-corrected chi connectivity index (χ2v) is 7.01. The Morgan fingerprint density at radius 2 is 1.78 bits per heavy atom. The number of nitrogens with zero attached hydrogens (tertiary/aromatic N) is 2. The monoisotopic (exact) mass is 424 g/mol. The molecule has 0 amide bonds. The highest BCUT2D eigenvalue weighted by molar-refractivity contribution is 6.30. The molecule has 144 valence electrons. The van der Waals surface area contributed by atoms with Crippen LogP contribution in [0.15, 0.2) is 54.6 Å². The maximum absolute atomic E-state index is 9.84. The minimum atomic E-state index is 0. The minimum absolute atomic E-state index is 0. The molecule has 27 heavy (non-hydrogen) atoms. The third-order valence-corrected chi connectivity index (χ3v) is 5.23.